The number of rotatable bonds is 3. The summed E-state index contributed by atoms with van der Waals surface area (Å²) in [7, 11) is 0. The van der Waals surface area contributed by atoms with Gasteiger partial charge in [0.25, 0.3) is 0 Å². The Hall–Kier alpha value is -0.130. The van der Waals surface area contributed by atoms with Crippen LogP contribution in [0.25, 0.3) is 0 Å². The Bertz CT molecular complexity index is 451. The first-order chi connectivity index (χ1) is 10.2. The minimum atomic E-state index is 0.424. The van der Waals surface area contributed by atoms with Gasteiger partial charge in [-0.1, -0.05) is 38.3 Å². The summed E-state index contributed by atoms with van der Waals surface area (Å²) in [6.07, 6.45) is 8.22. The lowest BCUT2D eigenvalue weighted by Crippen LogP contribution is -2.64. The van der Waals surface area contributed by atoms with E-state index in [1.165, 1.54) is 60.7 Å². The molecule has 1 heterocycles. The predicted octanol–water partition coefficient (Wildman–Crippen LogP) is 4.18. The molecule has 3 rings (SSSR count). The molecule has 116 valence electrons. The molecule has 2 nitrogen and oxygen atoms in total. The highest BCUT2D eigenvalue weighted by atomic mass is 127. The lowest BCUT2D eigenvalue weighted by Gasteiger charge is -2.52. The van der Waals surface area contributed by atoms with E-state index in [1.54, 1.807) is 0 Å². The van der Waals surface area contributed by atoms with E-state index in [1.807, 2.05) is 0 Å². The Morgan fingerprint density at radius 2 is 1.90 bits per heavy atom. The zero-order chi connectivity index (χ0) is 14.7. The minimum Gasteiger partial charge on any atom is -0.311 e. The summed E-state index contributed by atoms with van der Waals surface area (Å²) < 4.78 is 1.33. The second-order valence-electron chi connectivity index (χ2n) is 6.78. The lowest BCUT2D eigenvalue weighted by molar-refractivity contribution is 0.00273. The Kier molecular flexibility index (Phi) is 5.23. The zero-order valence-electron chi connectivity index (χ0n) is 13.1. The molecule has 1 N–H and O–H groups in total. The van der Waals surface area contributed by atoms with E-state index < -0.39 is 0 Å². The van der Waals surface area contributed by atoms with E-state index in [-0.39, 0.29) is 0 Å². The van der Waals surface area contributed by atoms with Crippen LogP contribution < -0.4 is 5.32 Å². The molecule has 1 aliphatic carbocycles. The van der Waals surface area contributed by atoms with Gasteiger partial charge >= 0.3 is 0 Å². The maximum atomic E-state index is 3.81. The third-order valence-corrected chi connectivity index (χ3v) is 6.11. The molecule has 0 bridgehead atoms. The summed E-state index contributed by atoms with van der Waals surface area (Å²) in [4.78, 5) is 2.80. The molecular weight excluding hydrogens is 371 g/mol. The fourth-order valence-corrected chi connectivity index (χ4v) is 4.35. The van der Waals surface area contributed by atoms with Crippen LogP contribution in [0.15, 0.2) is 24.3 Å². The van der Waals surface area contributed by atoms with Crippen LogP contribution in [0.3, 0.4) is 0 Å². The largest absolute Gasteiger partial charge is 0.311 e. The van der Waals surface area contributed by atoms with Crippen molar-refractivity contribution in [3.8, 4) is 0 Å². The van der Waals surface area contributed by atoms with E-state index in [2.05, 4.69) is 64.0 Å². The molecule has 0 aromatic heterocycles. The molecule has 0 radical (unpaired) electrons. The molecule has 2 aliphatic rings. The second-order valence-corrected chi connectivity index (χ2v) is 8.02. The molecule has 21 heavy (non-hydrogen) atoms. The second kappa shape index (κ2) is 6.97. The fourth-order valence-electron chi connectivity index (χ4n) is 3.99. The van der Waals surface area contributed by atoms with E-state index in [0.29, 0.717) is 11.6 Å². The first-order valence-electron chi connectivity index (χ1n) is 8.45. The number of halogens is 1. The monoisotopic (exact) mass is 398 g/mol. The van der Waals surface area contributed by atoms with Gasteiger partial charge in [0.05, 0.1) is 0 Å². The van der Waals surface area contributed by atoms with Crippen LogP contribution in [0.4, 0.5) is 0 Å². The highest BCUT2D eigenvalue weighted by Crippen LogP contribution is 2.36. The molecule has 3 heteroatoms. The van der Waals surface area contributed by atoms with Gasteiger partial charge in [-0.3, -0.25) is 4.90 Å². The number of hydrogen-bond donors (Lipinski definition) is 1. The average molecular weight is 398 g/mol. The van der Waals surface area contributed by atoms with Crippen molar-refractivity contribution in [3.05, 3.63) is 33.4 Å². The highest BCUT2D eigenvalue weighted by Gasteiger charge is 2.41. The number of piperazine rings is 1. The maximum absolute atomic E-state index is 3.81. The smallest absolute Gasteiger partial charge is 0.0338 e. The molecule has 1 aliphatic heterocycles. The zero-order valence-corrected chi connectivity index (χ0v) is 15.2. The van der Waals surface area contributed by atoms with Gasteiger partial charge in [0.2, 0.25) is 0 Å². The third-order valence-electron chi connectivity index (χ3n) is 5.40. The van der Waals surface area contributed by atoms with Crippen molar-refractivity contribution in [1.82, 2.24) is 10.2 Å². The molecule has 0 amide bonds. The van der Waals surface area contributed by atoms with E-state index in [0.717, 1.165) is 6.54 Å². The molecule has 1 atom stereocenters. The van der Waals surface area contributed by atoms with Crippen molar-refractivity contribution in [1.29, 1.82) is 0 Å². The summed E-state index contributed by atoms with van der Waals surface area (Å²) in [5, 5.41) is 3.81. The van der Waals surface area contributed by atoms with Crippen molar-refractivity contribution in [2.24, 2.45) is 0 Å². The summed E-state index contributed by atoms with van der Waals surface area (Å²) in [6.45, 7) is 5.83. The van der Waals surface area contributed by atoms with E-state index in [4.69, 9.17) is 0 Å². The van der Waals surface area contributed by atoms with Crippen LogP contribution >= 0.6 is 22.6 Å². The lowest BCUT2D eigenvalue weighted by atomic mass is 9.78. The third kappa shape index (κ3) is 3.62. The standard InChI is InChI=1S/C18H27IN2/c1-2-17-13-21(12-15-6-8-16(19)9-7-15)18(14-20-17)10-4-3-5-11-18/h6-9,17,20H,2-5,10-14H2,1H3. The van der Waals surface area contributed by atoms with Gasteiger partial charge in [-0.05, 0) is 59.5 Å². The highest BCUT2D eigenvalue weighted by molar-refractivity contribution is 14.1. The number of benzene rings is 1. The van der Waals surface area contributed by atoms with Crippen molar-refractivity contribution >= 4 is 22.6 Å². The van der Waals surface area contributed by atoms with Gasteiger partial charge in [-0.25, -0.2) is 0 Å². The van der Waals surface area contributed by atoms with Crippen LogP contribution in [0.2, 0.25) is 0 Å². The molecule has 2 fully saturated rings. The van der Waals surface area contributed by atoms with Crippen molar-refractivity contribution in [2.75, 3.05) is 13.1 Å². The molecule has 1 spiro atoms. The number of hydrogen-bond acceptors (Lipinski definition) is 2. The number of nitrogens with one attached hydrogen (secondary N) is 1. The SMILES string of the molecule is CCC1CN(Cc2ccc(I)cc2)C2(CCCCC2)CN1. The Balaban J connectivity index is 1.77. The van der Waals surface area contributed by atoms with Crippen molar-refractivity contribution in [3.63, 3.8) is 0 Å². The van der Waals surface area contributed by atoms with Gasteiger partial charge in [0.1, 0.15) is 0 Å². The van der Waals surface area contributed by atoms with Crippen LogP contribution in [0.1, 0.15) is 51.0 Å². The number of nitrogens with zero attached hydrogens (tertiary/aromatic N) is 1. The molecule has 1 aromatic rings. The van der Waals surface area contributed by atoms with Gasteiger partial charge in [0.15, 0.2) is 0 Å². The fraction of sp³-hybridized carbons (Fsp3) is 0.667. The van der Waals surface area contributed by atoms with Crippen molar-refractivity contribution in [2.45, 2.75) is 63.6 Å². The van der Waals surface area contributed by atoms with Gasteiger partial charge in [-0.15, -0.1) is 0 Å². The van der Waals surface area contributed by atoms with Crippen LogP contribution in [0, 0.1) is 3.57 Å². The van der Waals surface area contributed by atoms with Gasteiger partial charge in [0, 0.05) is 34.8 Å². The molecule has 1 aromatic carbocycles. The van der Waals surface area contributed by atoms with Gasteiger partial charge < -0.3 is 5.32 Å². The summed E-state index contributed by atoms with van der Waals surface area (Å²) >= 11 is 2.39. The normalized spacial score (nSPS) is 26.1. The summed E-state index contributed by atoms with van der Waals surface area (Å²) in [5.41, 5.74) is 1.89. The Morgan fingerprint density at radius 1 is 1.19 bits per heavy atom. The summed E-state index contributed by atoms with van der Waals surface area (Å²) in [5.74, 6) is 0. The average Bonchev–Trinajstić information content (AvgIpc) is 2.53. The van der Waals surface area contributed by atoms with E-state index >= 15 is 0 Å². The Morgan fingerprint density at radius 3 is 2.57 bits per heavy atom. The minimum absolute atomic E-state index is 0.424. The summed E-state index contributed by atoms with van der Waals surface area (Å²) in [6, 6.07) is 9.76. The quantitative estimate of drug-likeness (QED) is 0.769. The Labute approximate surface area is 142 Å². The van der Waals surface area contributed by atoms with E-state index in [9.17, 15) is 0 Å². The first kappa shape index (κ1) is 15.8. The molecular formula is C18H27IN2. The van der Waals surface area contributed by atoms with Gasteiger partial charge in [-0.2, -0.15) is 0 Å². The molecule has 1 saturated heterocycles. The first-order valence-corrected chi connectivity index (χ1v) is 9.53. The molecule has 1 saturated carbocycles. The predicted molar refractivity (Wildman–Crippen MR) is 97.5 cm³/mol. The van der Waals surface area contributed by atoms with Crippen LogP contribution in [-0.2, 0) is 6.54 Å². The van der Waals surface area contributed by atoms with Crippen molar-refractivity contribution < 1.29 is 0 Å². The topological polar surface area (TPSA) is 15.3 Å². The van der Waals surface area contributed by atoms with Crippen LogP contribution in [0.5, 0.6) is 0 Å². The van der Waals surface area contributed by atoms with Crippen LogP contribution in [-0.4, -0.2) is 29.6 Å². The molecule has 1 unspecified atom stereocenters. The maximum Gasteiger partial charge on any atom is 0.0338 e.